The molecular weight excluding hydrogens is 408 g/mol. The van der Waals surface area contributed by atoms with E-state index in [-0.39, 0.29) is 5.91 Å². The summed E-state index contributed by atoms with van der Waals surface area (Å²) in [6, 6.07) is 13.5. The van der Waals surface area contributed by atoms with Gasteiger partial charge in [-0.1, -0.05) is 12.1 Å². The summed E-state index contributed by atoms with van der Waals surface area (Å²) in [6.45, 7) is 2.47. The van der Waals surface area contributed by atoms with E-state index in [2.05, 4.69) is 15.3 Å². The van der Waals surface area contributed by atoms with E-state index < -0.39 is 0 Å². The minimum Gasteiger partial charge on any atom is -0.352 e. The van der Waals surface area contributed by atoms with Gasteiger partial charge >= 0.3 is 0 Å². The molecule has 1 N–H and O–H groups in total. The number of fused-ring (bicyclic) bond motifs is 1. The number of aromatic nitrogens is 5. The lowest BCUT2D eigenvalue weighted by Gasteiger charge is -2.04. The van der Waals surface area contributed by atoms with Gasteiger partial charge in [0.2, 0.25) is 0 Å². The van der Waals surface area contributed by atoms with E-state index in [0.717, 1.165) is 33.6 Å². The number of carbonyl (C=O) groups is 1. The molecule has 5 rings (SSSR count). The average molecular weight is 429 g/mol. The summed E-state index contributed by atoms with van der Waals surface area (Å²) >= 11 is 1.56. The number of thiazole rings is 1. The quantitative estimate of drug-likeness (QED) is 0.445. The van der Waals surface area contributed by atoms with E-state index in [1.54, 1.807) is 23.7 Å². The fourth-order valence-electron chi connectivity index (χ4n) is 3.60. The molecule has 0 saturated heterocycles. The van der Waals surface area contributed by atoms with Gasteiger partial charge in [-0.3, -0.25) is 14.3 Å². The topological polar surface area (TPSA) is 77.1 Å². The minimum absolute atomic E-state index is 0.109. The Morgan fingerprint density at radius 1 is 1.13 bits per heavy atom. The Morgan fingerprint density at radius 2 is 2.03 bits per heavy atom. The van der Waals surface area contributed by atoms with Crippen LogP contribution in [-0.2, 0) is 6.42 Å². The molecule has 0 aliphatic carbocycles. The van der Waals surface area contributed by atoms with Gasteiger partial charge in [0.25, 0.3) is 5.91 Å². The summed E-state index contributed by atoms with van der Waals surface area (Å²) in [4.78, 5) is 26.4. The molecule has 0 unspecified atom stereocenters. The fraction of sp³-hybridized carbons (Fsp3) is 0.130. The van der Waals surface area contributed by atoms with Crippen molar-refractivity contribution in [2.24, 2.45) is 0 Å². The van der Waals surface area contributed by atoms with Crippen molar-refractivity contribution >= 4 is 22.8 Å². The highest BCUT2D eigenvalue weighted by atomic mass is 32.1. The maximum absolute atomic E-state index is 13.0. The van der Waals surface area contributed by atoms with Crippen molar-refractivity contribution in [3.63, 3.8) is 0 Å². The minimum atomic E-state index is -0.109. The second-order valence-corrected chi connectivity index (χ2v) is 7.96. The van der Waals surface area contributed by atoms with Gasteiger partial charge in [0.05, 0.1) is 16.8 Å². The summed E-state index contributed by atoms with van der Waals surface area (Å²) in [5, 5.41) is 5.82. The van der Waals surface area contributed by atoms with E-state index >= 15 is 0 Å². The number of carbonyl (C=O) groups excluding carboxylic acids is 1. The lowest BCUT2D eigenvalue weighted by Crippen LogP contribution is -2.25. The Balaban J connectivity index is 1.45. The Kier molecular flexibility index (Phi) is 5.05. The van der Waals surface area contributed by atoms with Crippen molar-refractivity contribution in [2.75, 3.05) is 6.54 Å². The summed E-state index contributed by atoms with van der Waals surface area (Å²) in [5.41, 5.74) is 4.08. The van der Waals surface area contributed by atoms with Crippen molar-refractivity contribution in [3.8, 4) is 16.5 Å². The first-order valence-corrected chi connectivity index (χ1v) is 10.8. The highest BCUT2D eigenvalue weighted by molar-refractivity contribution is 7.12. The Morgan fingerprint density at radius 3 is 2.84 bits per heavy atom. The van der Waals surface area contributed by atoms with Crippen LogP contribution in [0.25, 0.3) is 22.0 Å². The number of amides is 1. The largest absolute Gasteiger partial charge is 0.352 e. The third-order valence-corrected chi connectivity index (χ3v) is 5.85. The van der Waals surface area contributed by atoms with Crippen LogP contribution in [0.15, 0.2) is 72.6 Å². The van der Waals surface area contributed by atoms with Crippen molar-refractivity contribution in [1.82, 2.24) is 29.2 Å². The lowest BCUT2D eigenvalue weighted by molar-refractivity contribution is 0.0956. The second-order valence-electron chi connectivity index (χ2n) is 7.08. The first-order chi connectivity index (χ1) is 15.2. The molecule has 154 valence electrons. The number of nitrogens with one attached hydrogen (secondary N) is 1. The van der Waals surface area contributed by atoms with Crippen LogP contribution in [0.1, 0.15) is 21.9 Å². The van der Waals surface area contributed by atoms with Crippen LogP contribution in [0, 0.1) is 6.92 Å². The molecule has 8 heteroatoms. The predicted molar refractivity (Wildman–Crippen MR) is 121 cm³/mol. The third-order valence-electron chi connectivity index (χ3n) is 5.08. The molecule has 5 heterocycles. The van der Waals surface area contributed by atoms with E-state index in [1.807, 2.05) is 76.1 Å². The van der Waals surface area contributed by atoms with E-state index in [0.29, 0.717) is 18.5 Å². The van der Waals surface area contributed by atoms with Crippen LogP contribution in [0.2, 0.25) is 0 Å². The Hall–Kier alpha value is -3.78. The molecule has 0 fully saturated rings. The molecule has 0 atom stereocenters. The Bertz CT molecular complexity index is 1340. The summed E-state index contributed by atoms with van der Waals surface area (Å²) in [6.07, 6.45) is 8.14. The molecule has 0 aliphatic heterocycles. The molecule has 1 amide bonds. The maximum atomic E-state index is 13.0. The van der Waals surface area contributed by atoms with E-state index in [9.17, 15) is 4.79 Å². The van der Waals surface area contributed by atoms with Crippen LogP contribution < -0.4 is 5.32 Å². The molecule has 5 aromatic rings. The molecular formula is C23H20N6OS. The summed E-state index contributed by atoms with van der Waals surface area (Å²) in [7, 11) is 0. The van der Waals surface area contributed by atoms with Crippen molar-refractivity contribution in [2.45, 2.75) is 13.3 Å². The molecule has 5 aromatic heterocycles. The number of aryl methyl sites for hydroxylation is 1. The summed E-state index contributed by atoms with van der Waals surface area (Å²) in [5.74, 6) is 0.735. The molecule has 0 aromatic carbocycles. The van der Waals surface area contributed by atoms with Gasteiger partial charge in [0.15, 0.2) is 5.13 Å². The van der Waals surface area contributed by atoms with Crippen LogP contribution in [0.5, 0.6) is 0 Å². The van der Waals surface area contributed by atoms with Crippen molar-refractivity contribution in [3.05, 3.63) is 89.7 Å². The standard InChI is InChI=1S/C23H20N6OS/c1-16-27-19(15-29(16)23-26-11-13-31-23)21-14-18(20-7-3-5-12-28(20)21)22(30)25-10-8-17-6-2-4-9-24-17/h2-7,9,11-15H,8,10H2,1H3,(H,25,30). The zero-order chi connectivity index (χ0) is 21.2. The maximum Gasteiger partial charge on any atom is 0.253 e. The molecule has 0 saturated carbocycles. The molecule has 0 bridgehead atoms. The number of hydrogen-bond donors (Lipinski definition) is 1. The van der Waals surface area contributed by atoms with Crippen LogP contribution in [0.4, 0.5) is 0 Å². The number of hydrogen-bond acceptors (Lipinski definition) is 5. The fourth-order valence-corrected chi connectivity index (χ4v) is 4.27. The number of imidazole rings is 1. The zero-order valence-electron chi connectivity index (χ0n) is 16.9. The highest BCUT2D eigenvalue weighted by Gasteiger charge is 2.19. The Labute approximate surface area is 183 Å². The molecule has 7 nitrogen and oxygen atoms in total. The molecule has 31 heavy (non-hydrogen) atoms. The molecule has 0 radical (unpaired) electrons. The lowest BCUT2D eigenvalue weighted by atomic mass is 10.2. The van der Waals surface area contributed by atoms with Gasteiger partial charge in [-0.2, -0.15) is 0 Å². The van der Waals surface area contributed by atoms with Gasteiger partial charge in [0.1, 0.15) is 11.5 Å². The van der Waals surface area contributed by atoms with Crippen LogP contribution in [0.3, 0.4) is 0 Å². The van der Waals surface area contributed by atoms with E-state index in [4.69, 9.17) is 4.98 Å². The second kappa shape index (κ2) is 8.16. The van der Waals surface area contributed by atoms with Gasteiger partial charge in [-0.25, -0.2) is 9.97 Å². The smallest absolute Gasteiger partial charge is 0.253 e. The van der Waals surface area contributed by atoms with Gasteiger partial charge in [-0.05, 0) is 37.3 Å². The van der Waals surface area contributed by atoms with Crippen molar-refractivity contribution in [1.29, 1.82) is 0 Å². The van der Waals surface area contributed by atoms with Crippen LogP contribution in [-0.4, -0.2) is 36.4 Å². The van der Waals surface area contributed by atoms with Gasteiger partial charge < -0.3 is 9.72 Å². The van der Waals surface area contributed by atoms with Gasteiger partial charge in [0, 0.05) is 48.8 Å². The van der Waals surface area contributed by atoms with Crippen molar-refractivity contribution < 1.29 is 4.79 Å². The molecule has 0 aliphatic rings. The SMILES string of the molecule is Cc1nc(-c2cc(C(=O)NCCc3ccccn3)c3ccccn23)cn1-c1nccs1. The number of pyridine rings is 2. The predicted octanol–water partition coefficient (Wildman–Crippen LogP) is 3.92. The highest BCUT2D eigenvalue weighted by Crippen LogP contribution is 2.27. The van der Waals surface area contributed by atoms with Crippen LogP contribution >= 0.6 is 11.3 Å². The first kappa shape index (κ1) is 19.2. The summed E-state index contributed by atoms with van der Waals surface area (Å²) < 4.78 is 3.97. The normalized spacial score (nSPS) is 11.1. The molecule has 0 spiro atoms. The average Bonchev–Trinajstić information content (AvgIpc) is 3.53. The number of rotatable bonds is 6. The van der Waals surface area contributed by atoms with Gasteiger partial charge in [-0.15, -0.1) is 11.3 Å². The first-order valence-electron chi connectivity index (χ1n) is 9.95. The zero-order valence-corrected chi connectivity index (χ0v) is 17.7. The monoisotopic (exact) mass is 428 g/mol. The number of nitrogens with zero attached hydrogens (tertiary/aromatic N) is 5. The van der Waals surface area contributed by atoms with E-state index in [1.165, 1.54) is 0 Å². The third kappa shape index (κ3) is 3.73.